The fourth-order valence-electron chi connectivity index (χ4n) is 3.89. The molecule has 0 radical (unpaired) electrons. The minimum absolute atomic E-state index is 0.00178. The SMILES string of the molecule is CC(=O)Nc1ccc(C(=O)COc2c(-c3ccc(C(C)(C)C)cc3)oc3cc(C)ccc3c2=O)cc1. The van der Waals surface area contributed by atoms with Crippen LogP contribution >= 0.6 is 0 Å². The van der Waals surface area contributed by atoms with Crippen molar-refractivity contribution < 1.29 is 18.7 Å². The predicted octanol–water partition coefficient (Wildman–Crippen LogP) is 6.29. The van der Waals surface area contributed by atoms with Crippen LogP contribution in [-0.4, -0.2) is 18.3 Å². The van der Waals surface area contributed by atoms with Gasteiger partial charge in [-0.15, -0.1) is 0 Å². The van der Waals surface area contributed by atoms with E-state index < -0.39 is 0 Å². The molecule has 0 atom stereocenters. The van der Waals surface area contributed by atoms with Crippen molar-refractivity contribution in [2.24, 2.45) is 0 Å². The first-order valence-electron chi connectivity index (χ1n) is 11.7. The first kappa shape index (κ1) is 24.9. The van der Waals surface area contributed by atoms with Crippen LogP contribution in [0.15, 0.2) is 75.9 Å². The molecule has 6 nitrogen and oxygen atoms in total. The number of Topliss-reactive ketones (excluding diaryl/α,β-unsaturated/α-hetero) is 1. The summed E-state index contributed by atoms with van der Waals surface area (Å²) in [6.45, 7) is 9.39. The van der Waals surface area contributed by atoms with Gasteiger partial charge in [-0.25, -0.2) is 0 Å². The van der Waals surface area contributed by atoms with Gasteiger partial charge >= 0.3 is 0 Å². The van der Waals surface area contributed by atoms with Gasteiger partial charge < -0.3 is 14.5 Å². The summed E-state index contributed by atoms with van der Waals surface area (Å²) in [4.78, 5) is 37.5. The number of carbonyl (C=O) groups excluding carboxylic acids is 2. The van der Waals surface area contributed by atoms with Crippen LogP contribution in [0.4, 0.5) is 5.69 Å². The number of benzene rings is 3. The Labute approximate surface area is 209 Å². The third kappa shape index (κ3) is 5.38. The molecule has 0 aliphatic rings. The van der Waals surface area contributed by atoms with Crippen molar-refractivity contribution in [1.29, 1.82) is 0 Å². The molecule has 36 heavy (non-hydrogen) atoms. The van der Waals surface area contributed by atoms with Crippen molar-refractivity contribution in [3.05, 3.63) is 93.6 Å². The first-order valence-corrected chi connectivity index (χ1v) is 11.7. The zero-order valence-electron chi connectivity index (χ0n) is 21.1. The number of nitrogens with one attached hydrogen (secondary N) is 1. The molecule has 1 aromatic heterocycles. The third-order valence-corrected chi connectivity index (χ3v) is 5.89. The van der Waals surface area contributed by atoms with Crippen LogP contribution in [0.25, 0.3) is 22.3 Å². The van der Waals surface area contributed by atoms with Crippen molar-refractivity contribution in [2.45, 2.75) is 40.0 Å². The Morgan fingerprint density at radius 1 is 0.944 bits per heavy atom. The topological polar surface area (TPSA) is 85.6 Å². The number of hydrogen-bond acceptors (Lipinski definition) is 5. The minimum Gasteiger partial charge on any atom is -0.478 e. The van der Waals surface area contributed by atoms with E-state index in [4.69, 9.17) is 9.15 Å². The van der Waals surface area contributed by atoms with Gasteiger partial charge in [0.25, 0.3) is 0 Å². The van der Waals surface area contributed by atoms with Gasteiger partial charge in [0.2, 0.25) is 17.1 Å². The molecule has 4 aromatic rings. The van der Waals surface area contributed by atoms with Gasteiger partial charge in [0.15, 0.2) is 18.2 Å². The van der Waals surface area contributed by atoms with Crippen molar-refractivity contribution in [3.63, 3.8) is 0 Å². The zero-order valence-corrected chi connectivity index (χ0v) is 21.1. The Bertz CT molecular complexity index is 1490. The highest BCUT2D eigenvalue weighted by Gasteiger charge is 2.21. The number of anilines is 1. The molecule has 0 unspecified atom stereocenters. The monoisotopic (exact) mass is 483 g/mol. The number of ether oxygens (including phenoxy) is 1. The molecular formula is C30H29NO5. The molecular weight excluding hydrogens is 454 g/mol. The van der Waals surface area contributed by atoms with E-state index in [1.165, 1.54) is 6.92 Å². The molecule has 1 amide bonds. The molecule has 0 spiro atoms. The number of carbonyl (C=O) groups is 2. The summed E-state index contributed by atoms with van der Waals surface area (Å²) in [7, 11) is 0. The largest absolute Gasteiger partial charge is 0.478 e. The Balaban J connectivity index is 1.69. The highest BCUT2D eigenvalue weighted by atomic mass is 16.5. The van der Waals surface area contributed by atoms with Crippen LogP contribution in [0.3, 0.4) is 0 Å². The number of rotatable bonds is 6. The van der Waals surface area contributed by atoms with Crippen molar-refractivity contribution in [1.82, 2.24) is 0 Å². The maximum atomic E-state index is 13.4. The van der Waals surface area contributed by atoms with Crippen LogP contribution < -0.4 is 15.5 Å². The van der Waals surface area contributed by atoms with E-state index in [2.05, 4.69) is 26.1 Å². The molecule has 0 aliphatic carbocycles. The second-order valence-electron chi connectivity index (χ2n) is 9.89. The molecule has 6 heteroatoms. The lowest BCUT2D eigenvalue weighted by Gasteiger charge is -2.19. The van der Waals surface area contributed by atoms with Gasteiger partial charge in [-0.2, -0.15) is 0 Å². The molecule has 0 aliphatic heterocycles. The molecule has 0 fully saturated rings. The van der Waals surface area contributed by atoms with E-state index in [-0.39, 0.29) is 40.7 Å². The molecule has 0 bridgehead atoms. The van der Waals surface area contributed by atoms with Crippen LogP contribution in [0.2, 0.25) is 0 Å². The maximum Gasteiger partial charge on any atom is 0.235 e. The molecule has 1 N–H and O–H groups in total. The van der Waals surface area contributed by atoms with Crippen molar-refractivity contribution >= 4 is 28.3 Å². The summed E-state index contributed by atoms with van der Waals surface area (Å²) >= 11 is 0. The van der Waals surface area contributed by atoms with Crippen molar-refractivity contribution in [3.8, 4) is 17.1 Å². The molecule has 0 saturated heterocycles. The van der Waals surface area contributed by atoms with Crippen LogP contribution in [0.1, 0.15) is 49.2 Å². The summed E-state index contributed by atoms with van der Waals surface area (Å²) < 4.78 is 12.0. The first-order chi connectivity index (χ1) is 17.0. The third-order valence-electron chi connectivity index (χ3n) is 5.89. The van der Waals surface area contributed by atoms with Gasteiger partial charge in [-0.1, -0.05) is 51.1 Å². The summed E-state index contributed by atoms with van der Waals surface area (Å²) in [6, 6.07) is 19.7. The molecule has 4 rings (SSSR count). The lowest BCUT2D eigenvalue weighted by atomic mass is 9.86. The van der Waals surface area contributed by atoms with E-state index in [0.717, 1.165) is 11.1 Å². The highest BCUT2D eigenvalue weighted by molar-refractivity contribution is 5.98. The zero-order chi connectivity index (χ0) is 26.0. The van der Waals surface area contributed by atoms with E-state index in [0.29, 0.717) is 27.8 Å². The molecule has 3 aromatic carbocycles. The lowest BCUT2D eigenvalue weighted by Crippen LogP contribution is -2.17. The van der Waals surface area contributed by atoms with Crippen LogP contribution in [0.5, 0.6) is 5.75 Å². The van der Waals surface area contributed by atoms with Gasteiger partial charge in [-0.3, -0.25) is 14.4 Å². The van der Waals surface area contributed by atoms with E-state index >= 15 is 0 Å². The summed E-state index contributed by atoms with van der Waals surface area (Å²) in [5.74, 6) is -0.217. The van der Waals surface area contributed by atoms with E-state index in [1.807, 2.05) is 43.3 Å². The summed E-state index contributed by atoms with van der Waals surface area (Å²) in [5.41, 5.74) is 3.89. The van der Waals surface area contributed by atoms with E-state index in [9.17, 15) is 14.4 Å². The molecule has 1 heterocycles. The standard InChI is InChI=1S/C30H29NO5/c1-18-6-15-24-26(16-18)36-28(21-7-11-22(12-8-21)30(3,4)5)29(27(24)34)35-17-25(33)20-9-13-23(14-10-20)31-19(2)32/h6-16H,17H2,1-5H3,(H,31,32). The van der Waals surface area contributed by atoms with Gasteiger partial charge in [0.1, 0.15) is 5.58 Å². The van der Waals surface area contributed by atoms with Crippen LogP contribution in [-0.2, 0) is 10.2 Å². The number of aryl methyl sites for hydroxylation is 1. The summed E-state index contributed by atoms with van der Waals surface area (Å²) in [5, 5.41) is 3.05. The van der Waals surface area contributed by atoms with Crippen molar-refractivity contribution in [2.75, 3.05) is 11.9 Å². The molecule has 0 saturated carbocycles. The Hall–Kier alpha value is -4.19. The average Bonchev–Trinajstić information content (AvgIpc) is 2.82. The Morgan fingerprint density at radius 2 is 1.61 bits per heavy atom. The number of amides is 1. The molecule has 184 valence electrons. The van der Waals surface area contributed by atoms with Gasteiger partial charge in [0, 0.05) is 23.7 Å². The quantitative estimate of drug-likeness (QED) is 0.326. The Morgan fingerprint density at radius 3 is 2.22 bits per heavy atom. The number of hydrogen-bond donors (Lipinski definition) is 1. The fraction of sp³-hybridized carbons (Fsp3) is 0.233. The number of ketones is 1. The smallest absolute Gasteiger partial charge is 0.235 e. The fourth-order valence-corrected chi connectivity index (χ4v) is 3.89. The second kappa shape index (κ2) is 9.82. The highest BCUT2D eigenvalue weighted by Crippen LogP contribution is 2.33. The number of fused-ring (bicyclic) bond motifs is 1. The average molecular weight is 484 g/mol. The second-order valence-corrected chi connectivity index (χ2v) is 9.89. The van der Waals surface area contributed by atoms with E-state index in [1.54, 1.807) is 30.3 Å². The lowest BCUT2D eigenvalue weighted by molar-refractivity contribution is -0.114. The Kier molecular flexibility index (Phi) is 6.80. The van der Waals surface area contributed by atoms with Crippen LogP contribution in [0, 0.1) is 6.92 Å². The summed E-state index contributed by atoms with van der Waals surface area (Å²) in [6.07, 6.45) is 0. The van der Waals surface area contributed by atoms with Gasteiger partial charge in [-0.05, 0) is 59.9 Å². The maximum absolute atomic E-state index is 13.4. The minimum atomic E-state index is -0.339. The normalized spacial score (nSPS) is 11.4. The predicted molar refractivity (Wildman–Crippen MR) is 142 cm³/mol. The van der Waals surface area contributed by atoms with Gasteiger partial charge in [0.05, 0.1) is 5.39 Å².